The SMILES string of the molecule is COc1ccc(C2COc3cc(Cn4cnc5cc(I)cnc54)ccc3O2)cc1. The van der Waals surface area contributed by atoms with Crippen molar-refractivity contribution in [3.05, 3.63) is 75.8 Å². The number of fused-ring (bicyclic) bond motifs is 2. The van der Waals surface area contributed by atoms with Crippen LogP contribution in [0.3, 0.4) is 0 Å². The number of hydrogen-bond donors (Lipinski definition) is 0. The molecule has 0 radical (unpaired) electrons. The lowest BCUT2D eigenvalue weighted by atomic mass is 10.1. The van der Waals surface area contributed by atoms with Crippen LogP contribution in [0.15, 0.2) is 61.1 Å². The number of benzene rings is 2. The van der Waals surface area contributed by atoms with Gasteiger partial charge < -0.3 is 18.8 Å². The number of pyridine rings is 1. The molecule has 1 unspecified atom stereocenters. The van der Waals surface area contributed by atoms with Gasteiger partial charge in [0, 0.05) is 9.77 Å². The maximum atomic E-state index is 6.17. The molecule has 29 heavy (non-hydrogen) atoms. The van der Waals surface area contributed by atoms with E-state index < -0.39 is 0 Å². The van der Waals surface area contributed by atoms with Gasteiger partial charge in [0.15, 0.2) is 23.3 Å². The Morgan fingerprint density at radius 3 is 2.79 bits per heavy atom. The maximum Gasteiger partial charge on any atom is 0.162 e. The van der Waals surface area contributed by atoms with Gasteiger partial charge in [0.1, 0.15) is 17.9 Å². The summed E-state index contributed by atoms with van der Waals surface area (Å²) in [5.74, 6) is 2.34. The summed E-state index contributed by atoms with van der Waals surface area (Å²) >= 11 is 2.25. The first-order chi connectivity index (χ1) is 14.2. The van der Waals surface area contributed by atoms with E-state index in [0.717, 1.165) is 43.1 Å². The van der Waals surface area contributed by atoms with E-state index in [-0.39, 0.29) is 6.10 Å². The molecule has 1 atom stereocenters. The minimum atomic E-state index is -0.136. The number of hydrogen-bond acceptors (Lipinski definition) is 5. The molecule has 3 heterocycles. The van der Waals surface area contributed by atoms with Crippen LogP contribution in [0.2, 0.25) is 0 Å². The lowest BCUT2D eigenvalue weighted by Gasteiger charge is -2.27. The van der Waals surface area contributed by atoms with Crippen LogP contribution in [-0.4, -0.2) is 28.3 Å². The molecule has 0 bridgehead atoms. The van der Waals surface area contributed by atoms with Crippen molar-refractivity contribution < 1.29 is 14.2 Å². The highest BCUT2D eigenvalue weighted by atomic mass is 127. The predicted octanol–water partition coefficient (Wildman–Crippen LogP) is 4.61. The van der Waals surface area contributed by atoms with Crippen molar-refractivity contribution in [2.45, 2.75) is 12.6 Å². The molecule has 0 aliphatic carbocycles. The summed E-state index contributed by atoms with van der Waals surface area (Å²) in [6.45, 7) is 1.14. The predicted molar refractivity (Wildman–Crippen MR) is 118 cm³/mol. The van der Waals surface area contributed by atoms with Gasteiger partial charge in [-0.1, -0.05) is 18.2 Å². The van der Waals surface area contributed by atoms with Gasteiger partial charge in [-0.05, 0) is 64.0 Å². The molecular weight excluding hydrogens is 481 g/mol. The van der Waals surface area contributed by atoms with Gasteiger partial charge in [0.05, 0.1) is 20.0 Å². The van der Waals surface area contributed by atoms with Crippen LogP contribution in [-0.2, 0) is 6.54 Å². The number of imidazole rings is 1. The van der Waals surface area contributed by atoms with Gasteiger partial charge in [-0.15, -0.1) is 0 Å². The molecule has 0 fully saturated rings. The molecule has 6 nitrogen and oxygen atoms in total. The van der Waals surface area contributed by atoms with Gasteiger partial charge >= 0.3 is 0 Å². The molecule has 0 saturated carbocycles. The fraction of sp³-hybridized carbons (Fsp3) is 0.182. The van der Waals surface area contributed by atoms with Crippen molar-refractivity contribution in [2.75, 3.05) is 13.7 Å². The topological polar surface area (TPSA) is 58.4 Å². The van der Waals surface area contributed by atoms with Crippen molar-refractivity contribution in [1.82, 2.24) is 14.5 Å². The van der Waals surface area contributed by atoms with Crippen molar-refractivity contribution >= 4 is 33.8 Å². The molecule has 2 aromatic heterocycles. The first kappa shape index (κ1) is 18.2. The minimum absolute atomic E-state index is 0.136. The summed E-state index contributed by atoms with van der Waals surface area (Å²) in [5.41, 5.74) is 3.94. The Morgan fingerprint density at radius 2 is 1.97 bits per heavy atom. The summed E-state index contributed by atoms with van der Waals surface area (Å²) in [6.07, 6.45) is 3.54. The Kier molecular flexibility index (Phi) is 4.75. The number of halogens is 1. The average molecular weight is 499 g/mol. The number of aromatic nitrogens is 3. The number of methoxy groups -OCH3 is 1. The van der Waals surface area contributed by atoms with E-state index in [1.165, 1.54) is 0 Å². The third-order valence-corrected chi connectivity index (χ3v) is 5.52. The van der Waals surface area contributed by atoms with Crippen molar-refractivity contribution in [3.8, 4) is 17.2 Å². The Hall–Kier alpha value is -2.81. The summed E-state index contributed by atoms with van der Waals surface area (Å²) in [7, 11) is 1.66. The van der Waals surface area contributed by atoms with E-state index in [2.05, 4.69) is 38.6 Å². The second-order valence-corrected chi connectivity index (χ2v) is 8.09. The molecule has 4 aromatic rings. The molecule has 5 rings (SSSR count). The van der Waals surface area contributed by atoms with E-state index in [9.17, 15) is 0 Å². The molecule has 1 aliphatic rings. The second-order valence-electron chi connectivity index (χ2n) is 6.84. The van der Waals surface area contributed by atoms with E-state index in [0.29, 0.717) is 13.2 Å². The van der Waals surface area contributed by atoms with Gasteiger partial charge in [-0.3, -0.25) is 0 Å². The normalized spacial score (nSPS) is 15.4. The minimum Gasteiger partial charge on any atom is -0.497 e. The molecule has 7 heteroatoms. The zero-order valence-electron chi connectivity index (χ0n) is 15.7. The summed E-state index contributed by atoms with van der Waals surface area (Å²) in [5, 5.41) is 0. The molecule has 0 spiro atoms. The number of nitrogens with zero attached hydrogens (tertiary/aromatic N) is 3. The van der Waals surface area contributed by atoms with E-state index >= 15 is 0 Å². The van der Waals surface area contributed by atoms with Crippen molar-refractivity contribution in [1.29, 1.82) is 0 Å². The summed E-state index contributed by atoms with van der Waals surface area (Å²) in [4.78, 5) is 8.96. The maximum absolute atomic E-state index is 6.17. The van der Waals surface area contributed by atoms with E-state index in [1.807, 2.05) is 59.6 Å². The Balaban J connectivity index is 1.35. The van der Waals surface area contributed by atoms with E-state index in [4.69, 9.17) is 14.2 Å². The third-order valence-electron chi connectivity index (χ3n) is 4.93. The number of rotatable bonds is 4. The molecule has 1 aliphatic heterocycles. The van der Waals surface area contributed by atoms with Crippen LogP contribution in [0.1, 0.15) is 17.2 Å². The van der Waals surface area contributed by atoms with Crippen molar-refractivity contribution in [2.24, 2.45) is 0 Å². The molecule has 0 amide bonds. The molecule has 0 saturated heterocycles. The van der Waals surface area contributed by atoms with Gasteiger partial charge in [0.2, 0.25) is 0 Å². The highest BCUT2D eigenvalue weighted by Gasteiger charge is 2.23. The van der Waals surface area contributed by atoms with E-state index in [1.54, 1.807) is 7.11 Å². The zero-order valence-corrected chi connectivity index (χ0v) is 17.9. The smallest absolute Gasteiger partial charge is 0.162 e. The molecule has 2 aromatic carbocycles. The Morgan fingerprint density at radius 1 is 1.10 bits per heavy atom. The summed E-state index contributed by atoms with van der Waals surface area (Å²) in [6, 6.07) is 16.0. The third kappa shape index (κ3) is 3.62. The fourth-order valence-electron chi connectivity index (χ4n) is 3.43. The first-order valence-electron chi connectivity index (χ1n) is 9.22. The van der Waals surface area contributed by atoms with Crippen LogP contribution < -0.4 is 14.2 Å². The molecule has 146 valence electrons. The van der Waals surface area contributed by atoms with Gasteiger partial charge in [-0.2, -0.15) is 0 Å². The van der Waals surface area contributed by atoms with Gasteiger partial charge in [-0.25, -0.2) is 9.97 Å². The zero-order chi connectivity index (χ0) is 19.8. The molecule has 0 N–H and O–H groups in total. The summed E-state index contributed by atoms with van der Waals surface area (Å²) < 4.78 is 20.5. The second kappa shape index (κ2) is 7.55. The monoisotopic (exact) mass is 499 g/mol. The number of ether oxygens (including phenoxy) is 3. The fourth-order valence-corrected chi connectivity index (χ4v) is 3.87. The Bertz CT molecular complexity index is 1170. The van der Waals surface area contributed by atoms with Gasteiger partial charge in [0.25, 0.3) is 0 Å². The lowest BCUT2D eigenvalue weighted by molar-refractivity contribution is 0.0911. The highest BCUT2D eigenvalue weighted by molar-refractivity contribution is 14.1. The van der Waals surface area contributed by atoms with Crippen LogP contribution in [0.4, 0.5) is 0 Å². The first-order valence-corrected chi connectivity index (χ1v) is 10.3. The average Bonchev–Trinajstić information content (AvgIpc) is 3.15. The van der Waals surface area contributed by atoms with Crippen LogP contribution in [0, 0.1) is 3.57 Å². The Labute approximate surface area is 181 Å². The highest BCUT2D eigenvalue weighted by Crippen LogP contribution is 2.37. The van der Waals surface area contributed by atoms with Crippen LogP contribution >= 0.6 is 22.6 Å². The molecular formula is C22H18IN3O3. The quantitative estimate of drug-likeness (QED) is 0.384. The standard InChI is InChI=1S/C22H18IN3O3/c1-27-17-5-3-15(4-6-17)21-12-28-20-8-14(2-7-19(20)29-21)11-26-13-25-18-9-16(23)10-24-22(18)26/h2-10,13,21H,11-12H2,1H3. The van der Waals surface area contributed by atoms with Crippen LogP contribution in [0.25, 0.3) is 11.2 Å². The lowest BCUT2D eigenvalue weighted by Crippen LogP contribution is -2.21. The van der Waals surface area contributed by atoms with Crippen molar-refractivity contribution in [3.63, 3.8) is 0 Å². The van der Waals surface area contributed by atoms with Crippen LogP contribution in [0.5, 0.6) is 17.2 Å². The largest absolute Gasteiger partial charge is 0.497 e.